The Morgan fingerprint density at radius 2 is 0.624 bits per heavy atom. The fourth-order valence-electron chi connectivity index (χ4n) is 13.8. The van der Waals surface area contributed by atoms with Crippen LogP contribution >= 0.6 is 0 Å². The molecule has 0 saturated carbocycles. The van der Waals surface area contributed by atoms with E-state index in [1.54, 1.807) is 0 Å². The van der Waals surface area contributed by atoms with E-state index in [0.717, 1.165) is 71.8 Å². The predicted octanol–water partition coefficient (Wildman–Crippen LogP) is 9.22. The van der Waals surface area contributed by atoms with Crippen LogP contribution in [0.2, 0.25) is 268 Å². The molecule has 0 N–H and O–H groups in total. The normalized spacial score (nSPS) is 30.5. The average molecular weight is 1900 g/mol. The van der Waals surface area contributed by atoms with Gasteiger partial charge in [0.1, 0.15) is 0 Å². The maximum Gasteiger partial charge on any atom is 0.643 e. The first-order chi connectivity index (χ1) is 46.1. The monoisotopic (exact) mass is 1890 g/mol. The molecule has 4 fully saturated rings. The highest BCUT2D eigenvalue weighted by atomic mass is 28.6. The third-order valence-electron chi connectivity index (χ3n) is 16.3. The summed E-state index contributed by atoms with van der Waals surface area (Å²) in [6.07, 6.45) is 0.271. The van der Waals surface area contributed by atoms with Crippen molar-refractivity contribution in [2.75, 3.05) is 0 Å². The van der Waals surface area contributed by atoms with E-state index in [1.165, 1.54) is 0 Å². The zero-order valence-electron chi connectivity index (χ0n) is 70.4. The molecule has 17 atom stereocenters. The molecule has 604 valence electrons. The molecular formula is C50H152O24Si27. The third-order valence-corrected chi connectivity index (χ3v) is 113. The van der Waals surface area contributed by atoms with Gasteiger partial charge >= 0.3 is 97.5 Å². The second-order valence-electron chi connectivity index (χ2n) is 32.7. The summed E-state index contributed by atoms with van der Waals surface area (Å²) in [5.41, 5.74) is 2.29. The van der Waals surface area contributed by atoms with Gasteiger partial charge in [-0.05, 0) is 282 Å². The van der Waals surface area contributed by atoms with E-state index in [0.29, 0.717) is 0 Å². The summed E-state index contributed by atoms with van der Waals surface area (Å²) in [6, 6.07) is 9.23. The molecule has 4 heterocycles. The second kappa shape index (κ2) is 46.0. The SMILES string of the molecule is CC.CC.CC1C[SiH](CC[Si](C)(C)O[Si](C)(C)O[Si](C)(C)O[Si](O[SiH2]O[SiH2]O[Si](C)(C)CC[SiH]2O[SiH](C)C[SiH](C)O[SiH](C)O2)(O[Si](C)(C)O[Si](C)(C)O[Si](C)(C)CC[SiH]2OC(C)C[SiH](C)O[SiH](C)O2)O[Si](C)(C)O[Si](C)(C)O[Si](C)(C)CC[SiH]2O[SiH](C)C[SiH](C)O[SiH](C)O2)O[SiH](C)O[SiH](C)O1. The van der Waals surface area contributed by atoms with Gasteiger partial charge in [-0.15, -0.1) is 0 Å². The maximum absolute atomic E-state index is 7.65. The average Bonchev–Trinajstić information content (AvgIpc) is 0.774. The first-order valence-electron chi connectivity index (χ1n) is 38.1. The molecule has 17 unspecified atom stereocenters. The fourth-order valence-corrected chi connectivity index (χ4v) is 128. The minimum absolute atomic E-state index is 0.135. The Bertz CT molecular complexity index is 2060. The van der Waals surface area contributed by atoms with Crippen molar-refractivity contribution in [3.8, 4) is 0 Å². The Labute approximate surface area is 657 Å². The van der Waals surface area contributed by atoms with Crippen molar-refractivity contribution in [1.29, 1.82) is 0 Å². The zero-order valence-corrected chi connectivity index (χ0v) is 100. The zero-order chi connectivity index (χ0) is 77.6. The summed E-state index contributed by atoms with van der Waals surface area (Å²) in [7, 11) is -59.1. The van der Waals surface area contributed by atoms with Gasteiger partial charge in [0.15, 0.2) is 87.5 Å². The molecule has 4 aliphatic rings. The summed E-state index contributed by atoms with van der Waals surface area (Å²) in [5.74, 6) is 0. The third kappa shape index (κ3) is 45.1. The van der Waals surface area contributed by atoms with Crippen LogP contribution in [-0.2, 0) is 99.4 Å². The molecule has 0 radical (unpaired) electrons. The Kier molecular flexibility index (Phi) is 46.4. The van der Waals surface area contributed by atoms with Gasteiger partial charge in [-0.3, -0.25) is 0 Å². The van der Waals surface area contributed by atoms with Crippen LogP contribution < -0.4 is 0 Å². The van der Waals surface area contributed by atoms with E-state index >= 15 is 0 Å². The van der Waals surface area contributed by atoms with E-state index in [9.17, 15) is 0 Å². The molecular weight excluding hydrogens is 1740 g/mol. The van der Waals surface area contributed by atoms with Gasteiger partial charge in [-0.2, -0.15) is 0 Å². The molecule has 0 spiro atoms. The van der Waals surface area contributed by atoms with Gasteiger partial charge < -0.3 is 99.4 Å². The van der Waals surface area contributed by atoms with Crippen molar-refractivity contribution in [3.63, 3.8) is 0 Å². The minimum atomic E-state index is -4.49. The Hall–Kier alpha value is 4.90. The van der Waals surface area contributed by atoms with E-state index < -0.39 is 242 Å². The van der Waals surface area contributed by atoms with Crippen molar-refractivity contribution in [2.24, 2.45) is 0 Å². The minimum Gasteiger partial charge on any atom is -0.442 e. The van der Waals surface area contributed by atoms with Crippen LogP contribution in [-0.4, -0.2) is 254 Å². The summed E-state index contributed by atoms with van der Waals surface area (Å²) >= 11 is 0. The largest absolute Gasteiger partial charge is 0.643 e. The number of rotatable bonds is 36. The molecule has 0 bridgehead atoms. The van der Waals surface area contributed by atoms with Crippen molar-refractivity contribution >= 4 is 242 Å². The van der Waals surface area contributed by atoms with Crippen LogP contribution in [0.5, 0.6) is 0 Å². The van der Waals surface area contributed by atoms with Crippen LogP contribution in [0.25, 0.3) is 0 Å². The lowest BCUT2D eigenvalue weighted by Gasteiger charge is -2.46. The van der Waals surface area contributed by atoms with Crippen LogP contribution in [0, 0.1) is 0 Å². The summed E-state index contributed by atoms with van der Waals surface area (Å²) in [6.45, 7) is 77.9. The molecule has 51 heteroatoms. The van der Waals surface area contributed by atoms with Gasteiger partial charge in [0.2, 0.25) is 0 Å². The quantitative estimate of drug-likeness (QED) is 0.0421. The highest BCUT2D eigenvalue weighted by Crippen LogP contribution is 2.36. The van der Waals surface area contributed by atoms with Crippen molar-refractivity contribution < 1.29 is 99.4 Å². The van der Waals surface area contributed by atoms with E-state index in [4.69, 9.17) is 99.4 Å². The molecule has 24 nitrogen and oxygen atoms in total. The van der Waals surface area contributed by atoms with Crippen molar-refractivity contribution in [3.05, 3.63) is 0 Å². The van der Waals surface area contributed by atoms with Gasteiger partial charge in [0.05, 0.1) is 0 Å². The van der Waals surface area contributed by atoms with Gasteiger partial charge in [-0.25, -0.2) is 0 Å². The fraction of sp³-hybridized carbons (Fsp3) is 1.00. The van der Waals surface area contributed by atoms with E-state index in [-0.39, 0.29) is 12.2 Å². The van der Waals surface area contributed by atoms with Gasteiger partial charge in [-0.1, -0.05) is 27.7 Å². The van der Waals surface area contributed by atoms with Crippen LogP contribution in [0.3, 0.4) is 0 Å². The van der Waals surface area contributed by atoms with Gasteiger partial charge in [0, 0.05) is 12.2 Å². The predicted molar refractivity (Wildman–Crippen MR) is 482 cm³/mol. The molecule has 0 aromatic heterocycles. The molecule has 0 aliphatic carbocycles. The highest BCUT2D eigenvalue weighted by molar-refractivity contribution is 6.94. The Morgan fingerprint density at radius 1 is 0.307 bits per heavy atom. The maximum atomic E-state index is 7.65. The molecule has 0 aromatic rings. The molecule has 0 amide bonds. The first-order valence-corrected chi connectivity index (χ1v) is 102. The van der Waals surface area contributed by atoms with Crippen molar-refractivity contribution in [1.82, 2.24) is 0 Å². The molecule has 4 saturated heterocycles. The topological polar surface area (TPSA) is 222 Å². The molecule has 0 aromatic carbocycles. The van der Waals surface area contributed by atoms with E-state index in [2.05, 4.69) is 210 Å². The molecule has 4 rings (SSSR count). The summed E-state index contributed by atoms with van der Waals surface area (Å²) in [4.78, 5) is 0. The van der Waals surface area contributed by atoms with Crippen LogP contribution in [0.4, 0.5) is 0 Å². The Balaban J connectivity index is 0.00000851. The lowest BCUT2D eigenvalue weighted by Crippen LogP contribution is -2.69. The Morgan fingerprint density at radius 3 is 1.04 bits per heavy atom. The molecule has 101 heavy (non-hydrogen) atoms. The second-order valence-corrected chi connectivity index (χ2v) is 114. The standard InChI is InChI=1S/C46H140O24Si27.2C2H6/c1-45-41-73(3)52-79(9)59-84(48-45)34-39-89(17,18)63-92(23,24)66-95(29,30)69-97(51-72-49-71-50-87(13,14)38-35-85-55-76(6)43-74(4)53-80(10)60-85,68-94(27,28)65-91(21,22)62-88(15,16)37-33-83-42-46(2)47-78(8)57-82(12)58-83)70-96(31,32)67-93(25,26)64-90(19,20)40-36-86-56-77(7)44-75(5)54-81(11)61-86;2*1-2/h45-46,73-86H,33-44,71-72H2,1-32H3;2*1-2H3. The first kappa shape index (κ1) is 102. The van der Waals surface area contributed by atoms with Crippen molar-refractivity contribution in [2.45, 2.75) is 322 Å². The van der Waals surface area contributed by atoms with Gasteiger partial charge in [0.25, 0.3) is 57.1 Å². The van der Waals surface area contributed by atoms with Crippen LogP contribution in [0.15, 0.2) is 0 Å². The van der Waals surface area contributed by atoms with Crippen LogP contribution in [0.1, 0.15) is 41.5 Å². The smallest absolute Gasteiger partial charge is 0.442 e. The summed E-state index contributed by atoms with van der Waals surface area (Å²) < 4.78 is 167. The lowest BCUT2D eigenvalue weighted by molar-refractivity contribution is 0.106. The highest BCUT2D eigenvalue weighted by Gasteiger charge is 2.61. The summed E-state index contributed by atoms with van der Waals surface area (Å²) in [5, 5.41) is 0. The van der Waals surface area contributed by atoms with E-state index in [1.807, 2.05) is 27.7 Å². The molecule has 4 aliphatic heterocycles. The number of hydrogen-bond acceptors (Lipinski definition) is 24. The number of hydrogen-bond donors (Lipinski definition) is 0. The lowest BCUT2D eigenvalue weighted by atomic mass is 10.5.